The molecule has 13 heteroatoms. The van der Waals surface area contributed by atoms with Crippen molar-refractivity contribution in [3.8, 4) is 28.3 Å². The van der Waals surface area contributed by atoms with Crippen LogP contribution in [0.25, 0.3) is 16.8 Å². The number of aromatic nitrogens is 2. The van der Waals surface area contributed by atoms with Crippen LogP contribution in [0.1, 0.15) is 74.7 Å². The minimum absolute atomic E-state index is 0.0591. The Morgan fingerprint density at radius 3 is 2.37 bits per heavy atom. The van der Waals surface area contributed by atoms with Gasteiger partial charge in [-0.15, -0.1) is 0 Å². The number of halogens is 1. The summed E-state index contributed by atoms with van der Waals surface area (Å²) >= 11 is 6.11. The van der Waals surface area contributed by atoms with Crippen molar-refractivity contribution in [1.82, 2.24) is 19.4 Å². The van der Waals surface area contributed by atoms with E-state index < -0.39 is 27.8 Å². The van der Waals surface area contributed by atoms with E-state index >= 15 is 0 Å². The zero-order chi connectivity index (χ0) is 37.0. The second-order valence-electron chi connectivity index (χ2n) is 12.4. The second-order valence-corrected chi connectivity index (χ2v) is 14.8. The van der Waals surface area contributed by atoms with E-state index in [0.29, 0.717) is 60.3 Å². The maximum absolute atomic E-state index is 14.5. The molecule has 2 amide bonds. The van der Waals surface area contributed by atoms with Crippen LogP contribution in [-0.4, -0.2) is 58.3 Å². The van der Waals surface area contributed by atoms with Crippen LogP contribution in [-0.2, 0) is 29.4 Å². The van der Waals surface area contributed by atoms with E-state index in [0.717, 1.165) is 17.5 Å². The van der Waals surface area contributed by atoms with Gasteiger partial charge in [-0.2, -0.15) is 5.10 Å². The Balaban J connectivity index is 1.48. The van der Waals surface area contributed by atoms with Crippen molar-refractivity contribution >= 4 is 39.4 Å². The maximum Gasteiger partial charge on any atom is 0.357 e. The van der Waals surface area contributed by atoms with Crippen molar-refractivity contribution < 1.29 is 32.6 Å². The van der Waals surface area contributed by atoms with E-state index in [1.165, 1.54) is 25.1 Å². The van der Waals surface area contributed by atoms with Crippen molar-refractivity contribution in [2.75, 3.05) is 12.3 Å². The monoisotopic (exact) mass is 740 g/mol. The van der Waals surface area contributed by atoms with E-state index in [1.807, 2.05) is 35.9 Å². The van der Waals surface area contributed by atoms with Gasteiger partial charge in [0.05, 0.1) is 17.1 Å². The molecule has 0 radical (unpaired) electrons. The normalized spacial score (nSPS) is 12.6. The minimum Gasteiger partial charge on any atom is -0.476 e. The number of benzene rings is 4. The third kappa shape index (κ3) is 7.88. The molecule has 5 aromatic rings. The van der Waals surface area contributed by atoms with Gasteiger partial charge >= 0.3 is 5.97 Å². The van der Waals surface area contributed by atoms with Gasteiger partial charge in [-0.25, -0.2) is 22.6 Å². The number of ether oxygens (including phenoxy) is 1. The molecule has 0 atom stereocenters. The molecule has 0 fully saturated rings. The molecule has 0 saturated carbocycles. The molecule has 0 bridgehead atoms. The predicted octanol–water partition coefficient (Wildman–Crippen LogP) is 7.30. The minimum atomic E-state index is -3.90. The summed E-state index contributed by atoms with van der Waals surface area (Å²) in [5.41, 5.74) is 3.49. The molecule has 4 aromatic carbocycles. The Bertz CT molecular complexity index is 2270. The van der Waals surface area contributed by atoms with E-state index in [4.69, 9.17) is 16.3 Å². The molecular weight excluding hydrogens is 704 g/mol. The zero-order valence-electron chi connectivity index (χ0n) is 28.6. The molecule has 2 heterocycles. The summed E-state index contributed by atoms with van der Waals surface area (Å²) in [7, 11) is -3.90. The van der Waals surface area contributed by atoms with Crippen molar-refractivity contribution in [3.05, 3.63) is 130 Å². The smallest absolute Gasteiger partial charge is 0.357 e. The summed E-state index contributed by atoms with van der Waals surface area (Å²) < 4.78 is 34.1. The lowest BCUT2D eigenvalue weighted by atomic mass is 9.92. The fourth-order valence-electron chi connectivity index (χ4n) is 6.19. The third-order valence-corrected chi connectivity index (χ3v) is 10.4. The standard InChI is InChI=1S/C39H37ClN4O7S/c1-3-5-13-34-35(36(39(47)48)41-44(34)29-15-17-30(18-16-29)51-31-12-8-11-28(40)23-31)32-19-14-26(37(45)42-52(49,50)4-2)22-33(32)38(46)43-21-20-25-9-6-7-10-27(25)24-43/h6-12,14-19,22-23H,3-5,13,20-21,24H2,1-2H3,(H,42,45)(H,47,48). The summed E-state index contributed by atoms with van der Waals surface area (Å²) in [4.78, 5) is 42.2. The van der Waals surface area contributed by atoms with Gasteiger partial charge in [0.25, 0.3) is 11.8 Å². The lowest BCUT2D eigenvalue weighted by molar-refractivity contribution is 0.0687. The second kappa shape index (κ2) is 15.4. The Morgan fingerprint density at radius 1 is 0.923 bits per heavy atom. The van der Waals surface area contributed by atoms with Crippen molar-refractivity contribution in [2.45, 2.75) is 46.1 Å². The predicted molar refractivity (Wildman–Crippen MR) is 198 cm³/mol. The number of amides is 2. The Labute approximate surface area is 306 Å². The zero-order valence-corrected chi connectivity index (χ0v) is 30.2. The number of nitrogens with zero attached hydrogens (tertiary/aromatic N) is 3. The summed E-state index contributed by atoms with van der Waals surface area (Å²) in [6.45, 7) is 4.13. The highest BCUT2D eigenvalue weighted by Crippen LogP contribution is 2.36. The molecule has 1 aliphatic heterocycles. The highest BCUT2D eigenvalue weighted by molar-refractivity contribution is 7.90. The Hall–Kier alpha value is -5.46. The van der Waals surface area contributed by atoms with Gasteiger partial charge in [0.15, 0.2) is 5.69 Å². The lowest BCUT2D eigenvalue weighted by Crippen LogP contribution is -2.36. The third-order valence-electron chi connectivity index (χ3n) is 8.89. The number of hydrogen-bond acceptors (Lipinski definition) is 7. The van der Waals surface area contributed by atoms with Crippen LogP contribution in [0.4, 0.5) is 0 Å². The molecule has 1 aliphatic rings. The largest absolute Gasteiger partial charge is 0.476 e. The van der Waals surface area contributed by atoms with Gasteiger partial charge in [-0.1, -0.05) is 61.3 Å². The molecule has 0 spiro atoms. The highest BCUT2D eigenvalue weighted by atomic mass is 35.5. The summed E-state index contributed by atoms with van der Waals surface area (Å²) in [5, 5.41) is 15.6. The summed E-state index contributed by atoms with van der Waals surface area (Å²) in [6, 6.07) is 26.1. The SMILES string of the molecule is CCCCc1c(-c2ccc(C(=O)NS(=O)(=O)CC)cc2C(=O)N2CCc3ccccc3C2)c(C(=O)O)nn1-c1ccc(Oc2cccc(Cl)c2)cc1. The van der Waals surface area contributed by atoms with Crippen LogP contribution in [0.3, 0.4) is 0 Å². The molecular formula is C39H37ClN4O7S. The molecule has 11 nitrogen and oxygen atoms in total. The molecule has 0 aliphatic carbocycles. The number of fused-ring (bicyclic) bond motifs is 1. The number of unbranched alkanes of at least 4 members (excludes halogenated alkanes) is 1. The molecule has 268 valence electrons. The van der Waals surface area contributed by atoms with Gasteiger partial charge in [0.1, 0.15) is 11.5 Å². The summed E-state index contributed by atoms with van der Waals surface area (Å²) in [5.74, 6) is -1.85. The van der Waals surface area contributed by atoms with E-state index in [1.54, 1.807) is 58.1 Å². The molecule has 0 unspecified atom stereocenters. The van der Waals surface area contributed by atoms with Crippen molar-refractivity contribution in [1.29, 1.82) is 0 Å². The van der Waals surface area contributed by atoms with Gasteiger partial charge in [-0.05, 0) is 97.5 Å². The van der Waals surface area contributed by atoms with Crippen LogP contribution in [0.2, 0.25) is 5.02 Å². The number of hydrogen-bond donors (Lipinski definition) is 2. The van der Waals surface area contributed by atoms with Gasteiger partial charge < -0.3 is 14.7 Å². The first-order valence-corrected chi connectivity index (χ1v) is 18.9. The van der Waals surface area contributed by atoms with Crippen molar-refractivity contribution in [3.63, 3.8) is 0 Å². The van der Waals surface area contributed by atoms with Crippen LogP contribution in [0, 0.1) is 0 Å². The molecule has 52 heavy (non-hydrogen) atoms. The maximum atomic E-state index is 14.5. The summed E-state index contributed by atoms with van der Waals surface area (Å²) in [6.07, 6.45) is 2.52. The number of carboxylic acids is 1. The number of sulfonamides is 1. The Morgan fingerprint density at radius 2 is 1.67 bits per heavy atom. The number of carbonyl (C=O) groups is 3. The fraction of sp³-hybridized carbons (Fsp3) is 0.231. The lowest BCUT2D eigenvalue weighted by Gasteiger charge is -2.29. The fourth-order valence-corrected chi connectivity index (χ4v) is 6.91. The van der Waals surface area contributed by atoms with Crippen molar-refractivity contribution in [2.24, 2.45) is 0 Å². The van der Waals surface area contributed by atoms with E-state index in [-0.39, 0.29) is 33.7 Å². The van der Waals surface area contributed by atoms with Crippen LogP contribution in [0.15, 0.2) is 91.0 Å². The number of carbonyl (C=O) groups excluding carboxylic acids is 2. The molecule has 2 N–H and O–H groups in total. The molecule has 6 rings (SSSR count). The average Bonchev–Trinajstić information content (AvgIpc) is 3.53. The number of aromatic carboxylic acids is 1. The van der Waals surface area contributed by atoms with Gasteiger partial charge in [0, 0.05) is 34.8 Å². The first kappa shape index (κ1) is 36.3. The first-order valence-electron chi connectivity index (χ1n) is 16.9. The van der Waals surface area contributed by atoms with E-state index in [2.05, 4.69) is 5.10 Å². The molecule has 1 aromatic heterocycles. The quantitative estimate of drug-likeness (QED) is 0.135. The van der Waals surface area contributed by atoms with Gasteiger partial charge in [0.2, 0.25) is 10.0 Å². The number of carboxylic acid groups (broad SMARTS) is 1. The van der Waals surface area contributed by atoms with E-state index in [9.17, 15) is 27.9 Å². The van der Waals surface area contributed by atoms with Crippen LogP contribution >= 0.6 is 11.6 Å². The number of rotatable bonds is 12. The molecule has 0 saturated heterocycles. The van der Waals surface area contributed by atoms with Crippen LogP contribution < -0.4 is 9.46 Å². The number of nitrogens with one attached hydrogen (secondary N) is 1. The topological polar surface area (TPSA) is 148 Å². The first-order chi connectivity index (χ1) is 25.0. The Kier molecular flexibility index (Phi) is 10.8. The highest BCUT2D eigenvalue weighted by Gasteiger charge is 2.31. The van der Waals surface area contributed by atoms with Gasteiger partial charge in [-0.3, -0.25) is 9.59 Å². The van der Waals surface area contributed by atoms with Crippen LogP contribution in [0.5, 0.6) is 11.5 Å². The average molecular weight is 741 g/mol.